The van der Waals surface area contributed by atoms with E-state index < -0.39 is 4.92 Å². The average molecular weight is 412 g/mol. The number of nitrogens with one attached hydrogen (secondary N) is 2. The zero-order valence-electron chi connectivity index (χ0n) is 16.1. The molecule has 2 aromatic carbocycles. The van der Waals surface area contributed by atoms with Crippen molar-refractivity contribution in [2.24, 2.45) is 10.2 Å². The maximum atomic E-state index is 11.7. The summed E-state index contributed by atoms with van der Waals surface area (Å²) < 4.78 is 0. The van der Waals surface area contributed by atoms with Gasteiger partial charge in [0.1, 0.15) is 12.1 Å². The van der Waals surface area contributed by atoms with Gasteiger partial charge in [-0.3, -0.25) is 10.1 Å². The predicted octanol–water partition coefficient (Wildman–Crippen LogP) is 5.68. The lowest BCUT2D eigenvalue weighted by Crippen LogP contribution is -2.06. The van der Waals surface area contributed by atoms with Gasteiger partial charge in [0.15, 0.2) is 0 Å². The molecule has 152 valence electrons. The van der Waals surface area contributed by atoms with Gasteiger partial charge in [-0.2, -0.15) is 10.2 Å². The summed E-state index contributed by atoms with van der Waals surface area (Å²) in [6.45, 7) is 0. The van der Waals surface area contributed by atoms with Crippen molar-refractivity contribution in [3.8, 4) is 0 Å². The lowest BCUT2D eigenvalue weighted by molar-refractivity contribution is -0.383. The Morgan fingerprint density at radius 2 is 1.39 bits per heavy atom. The van der Waals surface area contributed by atoms with E-state index in [-0.39, 0.29) is 17.3 Å². The Labute approximate surface area is 176 Å². The first kappa shape index (κ1) is 19.6. The Bertz CT molecular complexity index is 1200. The van der Waals surface area contributed by atoms with E-state index >= 15 is 0 Å². The standard InChI is InChI=1S/C21H16N8O2/c30-29(31)19-20(23-14-24-21(19)26-18-8-4-5-13-22-18)25-15-9-11-17(12-10-15)28-27-16-6-2-1-3-7-16/h1-14H,(H2,22,23,24,25,26). The third kappa shape index (κ3) is 5.01. The number of anilines is 4. The first-order valence-electron chi connectivity index (χ1n) is 9.20. The molecule has 0 amide bonds. The summed E-state index contributed by atoms with van der Waals surface area (Å²) >= 11 is 0. The third-order valence-corrected chi connectivity index (χ3v) is 4.08. The van der Waals surface area contributed by atoms with Crippen molar-refractivity contribution < 1.29 is 4.92 Å². The highest BCUT2D eigenvalue weighted by atomic mass is 16.6. The van der Waals surface area contributed by atoms with Gasteiger partial charge in [-0.15, -0.1) is 0 Å². The topological polar surface area (TPSA) is 131 Å². The van der Waals surface area contributed by atoms with Crippen molar-refractivity contribution in [3.63, 3.8) is 0 Å². The van der Waals surface area contributed by atoms with Gasteiger partial charge in [0.2, 0.25) is 11.6 Å². The van der Waals surface area contributed by atoms with Crippen LogP contribution in [0.25, 0.3) is 0 Å². The number of hydrogen-bond acceptors (Lipinski definition) is 9. The van der Waals surface area contributed by atoms with Crippen molar-refractivity contribution in [1.29, 1.82) is 0 Å². The molecule has 0 radical (unpaired) electrons. The van der Waals surface area contributed by atoms with Gasteiger partial charge in [-0.05, 0) is 48.5 Å². The number of benzene rings is 2. The van der Waals surface area contributed by atoms with Crippen LogP contribution in [0.4, 0.5) is 40.2 Å². The van der Waals surface area contributed by atoms with Crippen LogP contribution in [0.15, 0.2) is 95.5 Å². The minimum Gasteiger partial charge on any atom is -0.334 e. The molecule has 2 aromatic heterocycles. The van der Waals surface area contributed by atoms with Gasteiger partial charge >= 0.3 is 5.69 Å². The van der Waals surface area contributed by atoms with Gasteiger partial charge < -0.3 is 10.6 Å². The molecule has 10 heteroatoms. The molecule has 4 aromatic rings. The summed E-state index contributed by atoms with van der Waals surface area (Å²) in [6.07, 6.45) is 2.81. The van der Waals surface area contributed by atoms with E-state index in [0.29, 0.717) is 17.2 Å². The number of aromatic nitrogens is 3. The van der Waals surface area contributed by atoms with E-state index in [0.717, 1.165) is 5.69 Å². The highest BCUT2D eigenvalue weighted by Crippen LogP contribution is 2.33. The molecule has 2 heterocycles. The van der Waals surface area contributed by atoms with E-state index in [1.165, 1.54) is 6.33 Å². The molecule has 4 rings (SSSR count). The molecule has 0 saturated heterocycles. The van der Waals surface area contributed by atoms with Crippen LogP contribution >= 0.6 is 0 Å². The molecule has 0 aliphatic rings. The second kappa shape index (κ2) is 9.18. The summed E-state index contributed by atoms with van der Waals surface area (Å²) in [5, 5.41) is 25.8. The van der Waals surface area contributed by atoms with Gasteiger partial charge in [-0.1, -0.05) is 24.3 Å². The summed E-state index contributed by atoms with van der Waals surface area (Å²) in [4.78, 5) is 23.3. The quantitative estimate of drug-likeness (QED) is 0.227. The zero-order chi connectivity index (χ0) is 21.5. The Morgan fingerprint density at radius 3 is 2.03 bits per heavy atom. The average Bonchev–Trinajstić information content (AvgIpc) is 2.80. The van der Waals surface area contributed by atoms with E-state index in [4.69, 9.17) is 0 Å². The minimum atomic E-state index is -0.546. The number of rotatable bonds is 7. The fourth-order valence-corrected chi connectivity index (χ4v) is 2.65. The number of azo groups is 1. The Balaban J connectivity index is 1.54. The molecule has 0 unspecified atom stereocenters. The Kier molecular flexibility index (Phi) is 5.80. The molecule has 0 saturated carbocycles. The van der Waals surface area contributed by atoms with Gasteiger partial charge in [0.25, 0.3) is 0 Å². The van der Waals surface area contributed by atoms with Crippen molar-refractivity contribution in [2.75, 3.05) is 10.6 Å². The van der Waals surface area contributed by atoms with Crippen LogP contribution in [0.5, 0.6) is 0 Å². The highest BCUT2D eigenvalue weighted by molar-refractivity contribution is 5.76. The van der Waals surface area contributed by atoms with Gasteiger partial charge in [0, 0.05) is 11.9 Å². The monoisotopic (exact) mass is 412 g/mol. The largest absolute Gasteiger partial charge is 0.353 e. The summed E-state index contributed by atoms with van der Waals surface area (Å²) in [5.41, 5.74) is 1.70. The molecule has 0 bridgehead atoms. The molecule has 10 nitrogen and oxygen atoms in total. The first-order valence-corrected chi connectivity index (χ1v) is 9.20. The van der Waals surface area contributed by atoms with Crippen molar-refractivity contribution in [1.82, 2.24) is 15.0 Å². The fraction of sp³-hybridized carbons (Fsp3) is 0. The summed E-state index contributed by atoms with van der Waals surface area (Å²) in [7, 11) is 0. The van der Waals surface area contributed by atoms with Crippen LogP contribution in [0.2, 0.25) is 0 Å². The maximum absolute atomic E-state index is 11.7. The molecule has 0 aliphatic heterocycles. The van der Waals surface area contributed by atoms with Gasteiger partial charge in [0.05, 0.1) is 16.3 Å². The first-order chi connectivity index (χ1) is 15.2. The summed E-state index contributed by atoms with van der Waals surface area (Å²) in [5.74, 6) is 0.523. The Morgan fingerprint density at radius 1 is 0.742 bits per heavy atom. The maximum Gasteiger partial charge on any atom is 0.353 e. The molecular weight excluding hydrogens is 396 g/mol. The molecule has 0 spiro atoms. The van der Waals surface area contributed by atoms with Crippen LogP contribution in [-0.2, 0) is 0 Å². The van der Waals surface area contributed by atoms with E-state index in [1.807, 2.05) is 30.3 Å². The predicted molar refractivity (Wildman–Crippen MR) is 117 cm³/mol. The minimum absolute atomic E-state index is 0.0366. The molecule has 2 N–H and O–H groups in total. The summed E-state index contributed by atoms with van der Waals surface area (Å²) in [6, 6.07) is 21.5. The van der Waals surface area contributed by atoms with Crippen molar-refractivity contribution >= 4 is 40.2 Å². The fourth-order valence-electron chi connectivity index (χ4n) is 2.65. The SMILES string of the molecule is O=[N+]([O-])c1c(Nc2ccc(N=Nc3ccccc3)cc2)ncnc1Nc1ccccn1. The molecule has 0 atom stereocenters. The van der Waals surface area contributed by atoms with Gasteiger partial charge in [-0.25, -0.2) is 15.0 Å². The second-order valence-corrected chi connectivity index (χ2v) is 6.22. The zero-order valence-corrected chi connectivity index (χ0v) is 16.1. The highest BCUT2D eigenvalue weighted by Gasteiger charge is 2.23. The third-order valence-electron chi connectivity index (χ3n) is 4.08. The van der Waals surface area contributed by atoms with Crippen LogP contribution in [0, 0.1) is 10.1 Å². The van der Waals surface area contributed by atoms with Crippen LogP contribution in [0.3, 0.4) is 0 Å². The van der Waals surface area contributed by atoms with E-state index in [2.05, 4.69) is 35.8 Å². The lowest BCUT2D eigenvalue weighted by atomic mass is 10.3. The number of nitrogens with zero attached hydrogens (tertiary/aromatic N) is 6. The van der Waals surface area contributed by atoms with Crippen LogP contribution in [0.1, 0.15) is 0 Å². The Hall–Kier alpha value is -4.73. The lowest BCUT2D eigenvalue weighted by Gasteiger charge is -2.09. The van der Waals surface area contributed by atoms with Crippen LogP contribution in [-0.4, -0.2) is 19.9 Å². The molecular formula is C21H16N8O2. The van der Waals surface area contributed by atoms with Crippen LogP contribution < -0.4 is 10.6 Å². The molecule has 0 aliphatic carbocycles. The molecule has 31 heavy (non-hydrogen) atoms. The smallest absolute Gasteiger partial charge is 0.334 e. The molecule has 0 fully saturated rings. The number of pyridine rings is 1. The number of nitro groups is 1. The normalized spacial score (nSPS) is 10.7. The second-order valence-electron chi connectivity index (χ2n) is 6.22. The van der Waals surface area contributed by atoms with Crippen molar-refractivity contribution in [3.05, 3.63) is 95.4 Å². The van der Waals surface area contributed by atoms with Crippen molar-refractivity contribution in [2.45, 2.75) is 0 Å². The van der Waals surface area contributed by atoms with E-state index in [1.54, 1.807) is 48.7 Å². The van der Waals surface area contributed by atoms with E-state index in [9.17, 15) is 10.1 Å². The number of hydrogen-bond donors (Lipinski definition) is 2.